The lowest BCUT2D eigenvalue weighted by atomic mass is 9.69. The van der Waals surface area contributed by atoms with E-state index >= 15 is 0 Å². The smallest absolute Gasteiger partial charge is 0.370 e. The molecule has 0 N–H and O–H groups in total. The summed E-state index contributed by atoms with van der Waals surface area (Å²) in [4.78, 5) is 2.21. The molecule has 5 unspecified atom stereocenters. The number of likely N-dealkylation sites (tertiary alicyclic amines) is 1. The van der Waals surface area contributed by atoms with Crippen molar-refractivity contribution in [3.8, 4) is 0 Å². The Hall–Kier alpha value is -2.13. The van der Waals surface area contributed by atoms with Gasteiger partial charge in [-0.25, -0.2) is 4.39 Å². The Balaban J connectivity index is 1.65. The van der Waals surface area contributed by atoms with E-state index in [0.717, 1.165) is 37.2 Å². The number of hydrogen-bond donors (Lipinski definition) is 0. The third kappa shape index (κ3) is 5.25. The maximum atomic E-state index is 13.6. The molecule has 5 atom stereocenters. The van der Waals surface area contributed by atoms with Gasteiger partial charge in [0.05, 0.1) is 23.3 Å². The molecule has 1 aliphatic heterocycles. The van der Waals surface area contributed by atoms with Crippen molar-refractivity contribution in [1.82, 2.24) is 4.90 Å². The van der Waals surface area contributed by atoms with Gasteiger partial charge in [-0.1, -0.05) is 12.1 Å². The molecule has 0 radical (unpaired) electrons. The van der Waals surface area contributed by atoms with E-state index in [1.165, 1.54) is 19.1 Å². The summed E-state index contributed by atoms with van der Waals surface area (Å²) in [5.74, 6) is 0.0861. The van der Waals surface area contributed by atoms with Crippen molar-refractivity contribution in [1.29, 1.82) is 0 Å². The second-order valence-electron chi connectivity index (χ2n) is 9.46. The normalized spacial score (nSPS) is 27.0. The van der Waals surface area contributed by atoms with E-state index in [-0.39, 0.29) is 29.3 Å². The predicted molar refractivity (Wildman–Crippen MR) is 113 cm³/mol. The van der Waals surface area contributed by atoms with Gasteiger partial charge in [-0.15, -0.1) is 0 Å². The first-order valence-electron chi connectivity index (χ1n) is 11.2. The Morgan fingerprint density at radius 3 is 2.03 bits per heavy atom. The van der Waals surface area contributed by atoms with Crippen molar-refractivity contribution in [3.05, 3.63) is 70.5 Å². The highest BCUT2D eigenvalue weighted by Gasteiger charge is 2.45. The fraction of sp³-hybridized carbons (Fsp3) is 0.520. The van der Waals surface area contributed by atoms with Gasteiger partial charge >= 0.3 is 12.4 Å². The summed E-state index contributed by atoms with van der Waals surface area (Å²) < 4.78 is 99.7. The summed E-state index contributed by atoms with van der Waals surface area (Å²) in [7, 11) is 2.01. The molecule has 2 nitrogen and oxygen atoms in total. The lowest BCUT2D eigenvalue weighted by molar-refractivity contribution is -0.143. The zero-order valence-corrected chi connectivity index (χ0v) is 18.8. The minimum absolute atomic E-state index is 0.122. The van der Waals surface area contributed by atoms with E-state index in [4.69, 9.17) is 4.74 Å². The molecule has 9 heteroatoms. The van der Waals surface area contributed by atoms with Crippen molar-refractivity contribution >= 4 is 0 Å². The Bertz CT molecular complexity index is 970. The highest BCUT2D eigenvalue weighted by atomic mass is 19.4. The van der Waals surface area contributed by atoms with Crippen LogP contribution in [0.25, 0.3) is 0 Å². The van der Waals surface area contributed by atoms with Crippen LogP contribution in [0, 0.1) is 17.7 Å². The molecule has 34 heavy (non-hydrogen) atoms. The number of fused-ring (bicyclic) bond motifs is 1. The molecule has 2 aromatic carbocycles. The molecule has 2 fully saturated rings. The average molecular weight is 489 g/mol. The standard InChI is InChI=1S/C25H26F7NO/c1-14(17-9-18(24(27,28)29)11-19(10-17)25(30,31)32)34-22-8-5-16-12-33(2)13-21(16)23(22)15-3-6-20(26)7-4-15/h3-4,6-7,9-11,14,16,21-23H,5,8,12-13H2,1-2H3. The molecule has 0 amide bonds. The van der Waals surface area contributed by atoms with Gasteiger partial charge in [0.15, 0.2) is 0 Å². The van der Waals surface area contributed by atoms with E-state index in [2.05, 4.69) is 4.90 Å². The van der Waals surface area contributed by atoms with Crippen LogP contribution >= 0.6 is 0 Å². The monoisotopic (exact) mass is 489 g/mol. The van der Waals surface area contributed by atoms with E-state index in [1.807, 2.05) is 7.05 Å². The van der Waals surface area contributed by atoms with Crippen LogP contribution in [0.3, 0.4) is 0 Å². The highest BCUT2D eigenvalue weighted by Crippen LogP contribution is 2.48. The predicted octanol–water partition coefficient (Wildman–Crippen LogP) is 7.06. The molecule has 2 aliphatic rings. The first-order valence-corrected chi connectivity index (χ1v) is 11.2. The van der Waals surface area contributed by atoms with E-state index in [9.17, 15) is 30.7 Å². The number of ether oxygens (including phenoxy) is 1. The minimum Gasteiger partial charge on any atom is -0.370 e. The van der Waals surface area contributed by atoms with Crippen LogP contribution in [0.15, 0.2) is 42.5 Å². The van der Waals surface area contributed by atoms with Gasteiger partial charge in [-0.3, -0.25) is 0 Å². The van der Waals surface area contributed by atoms with E-state index < -0.39 is 35.7 Å². The largest absolute Gasteiger partial charge is 0.416 e. The second kappa shape index (κ2) is 9.15. The number of nitrogens with zero attached hydrogens (tertiary/aromatic N) is 1. The SMILES string of the molecule is CC(OC1CCC2CN(C)CC2C1c1ccc(F)cc1)c1cc(C(F)(F)F)cc(C(F)(F)F)c1. The third-order valence-corrected chi connectivity index (χ3v) is 7.07. The van der Waals surface area contributed by atoms with Gasteiger partial charge in [-0.2, -0.15) is 26.3 Å². The zero-order valence-electron chi connectivity index (χ0n) is 18.8. The van der Waals surface area contributed by atoms with Crippen LogP contribution in [0.4, 0.5) is 30.7 Å². The highest BCUT2D eigenvalue weighted by molar-refractivity contribution is 5.35. The van der Waals surface area contributed by atoms with Crippen LogP contribution in [0.2, 0.25) is 0 Å². The van der Waals surface area contributed by atoms with Crippen LogP contribution in [-0.4, -0.2) is 31.1 Å². The summed E-state index contributed by atoms with van der Waals surface area (Å²) in [5.41, 5.74) is -2.03. The lowest BCUT2D eigenvalue weighted by Crippen LogP contribution is -2.38. The summed E-state index contributed by atoms with van der Waals surface area (Å²) in [6.07, 6.45) is -9.78. The molecule has 0 spiro atoms. The van der Waals surface area contributed by atoms with Gasteiger partial charge in [-0.05, 0) is 80.1 Å². The van der Waals surface area contributed by atoms with Crippen LogP contribution in [0.1, 0.15) is 54.0 Å². The quantitative estimate of drug-likeness (QED) is 0.426. The molecule has 1 aliphatic carbocycles. The molecule has 1 saturated heterocycles. The zero-order chi connectivity index (χ0) is 24.8. The number of benzene rings is 2. The molecule has 0 aromatic heterocycles. The molecule has 1 heterocycles. The number of halogens is 7. The average Bonchev–Trinajstić information content (AvgIpc) is 3.13. The van der Waals surface area contributed by atoms with Crippen LogP contribution in [-0.2, 0) is 17.1 Å². The van der Waals surface area contributed by atoms with Crippen LogP contribution < -0.4 is 0 Å². The first-order chi connectivity index (χ1) is 15.8. The molecular weight excluding hydrogens is 463 g/mol. The van der Waals surface area contributed by atoms with Crippen molar-refractivity contribution in [2.75, 3.05) is 20.1 Å². The minimum atomic E-state index is -4.92. The number of hydrogen-bond acceptors (Lipinski definition) is 2. The maximum Gasteiger partial charge on any atom is 0.416 e. The number of alkyl halides is 6. The Morgan fingerprint density at radius 1 is 0.882 bits per heavy atom. The molecule has 1 saturated carbocycles. The molecule has 2 aromatic rings. The fourth-order valence-corrected chi connectivity index (χ4v) is 5.52. The summed E-state index contributed by atoms with van der Waals surface area (Å²) in [5, 5.41) is 0. The van der Waals surface area contributed by atoms with Crippen molar-refractivity contribution < 1.29 is 35.5 Å². The van der Waals surface area contributed by atoms with Crippen molar-refractivity contribution in [2.24, 2.45) is 11.8 Å². The lowest BCUT2D eigenvalue weighted by Gasteiger charge is -2.41. The third-order valence-electron chi connectivity index (χ3n) is 7.07. The van der Waals surface area contributed by atoms with Crippen molar-refractivity contribution in [3.63, 3.8) is 0 Å². The van der Waals surface area contributed by atoms with E-state index in [0.29, 0.717) is 12.3 Å². The first kappa shape index (κ1) is 25.0. The van der Waals surface area contributed by atoms with Gasteiger partial charge in [0, 0.05) is 19.0 Å². The maximum absolute atomic E-state index is 13.6. The van der Waals surface area contributed by atoms with E-state index in [1.54, 1.807) is 12.1 Å². The summed E-state index contributed by atoms with van der Waals surface area (Å²) >= 11 is 0. The molecular formula is C25H26F7NO. The van der Waals surface area contributed by atoms with Gasteiger partial charge in [0.25, 0.3) is 0 Å². The van der Waals surface area contributed by atoms with Crippen molar-refractivity contribution in [2.45, 2.75) is 50.2 Å². The van der Waals surface area contributed by atoms with Crippen LogP contribution in [0.5, 0.6) is 0 Å². The Kier molecular flexibility index (Phi) is 6.72. The fourth-order valence-electron chi connectivity index (χ4n) is 5.52. The topological polar surface area (TPSA) is 12.5 Å². The molecule has 4 rings (SSSR count). The molecule has 0 bridgehead atoms. The van der Waals surface area contributed by atoms with Gasteiger partial charge < -0.3 is 9.64 Å². The summed E-state index contributed by atoms with van der Waals surface area (Å²) in [6, 6.07) is 7.67. The number of rotatable bonds is 4. The van der Waals surface area contributed by atoms with Gasteiger partial charge in [0.1, 0.15) is 5.82 Å². The van der Waals surface area contributed by atoms with Gasteiger partial charge in [0.2, 0.25) is 0 Å². The second-order valence-corrected chi connectivity index (χ2v) is 9.46. The summed E-state index contributed by atoms with van der Waals surface area (Å²) in [6.45, 7) is 3.18. The Morgan fingerprint density at radius 2 is 1.47 bits per heavy atom. The Labute approximate surface area is 193 Å². The molecule has 186 valence electrons.